The molecule has 4 nitrogen and oxygen atoms in total. The predicted molar refractivity (Wildman–Crippen MR) is 72.2 cm³/mol. The number of nitrogens with zero attached hydrogens (tertiary/aromatic N) is 1. The standard InChI is InChI=1S/C15H19NO3/c1-2-10-16-14(17)9-8-13(15(16)18)19-11-12-6-4-3-5-7-12/h2-7,13,15,18H,1,8-11H2/t13-,15-/m1/s1. The Bertz CT molecular complexity index is 432. The third-order valence-electron chi connectivity index (χ3n) is 3.25. The van der Waals surface area contributed by atoms with Gasteiger partial charge in [0.1, 0.15) is 6.10 Å². The van der Waals surface area contributed by atoms with E-state index < -0.39 is 6.23 Å². The number of hydrogen-bond acceptors (Lipinski definition) is 3. The van der Waals surface area contributed by atoms with E-state index in [0.717, 1.165) is 5.56 Å². The quantitative estimate of drug-likeness (QED) is 0.821. The fourth-order valence-electron chi connectivity index (χ4n) is 2.20. The average molecular weight is 261 g/mol. The van der Waals surface area contributed by atoms with Gasteiger partial charge in [0, 0.05) is 13.0 Å². The molecule has 0 radical (unpaired) electrons. The monoisotopic (exact) mass is 261 g/mol. The second-order valence-corrected chi connectivity index (χ2v) is 4.62. The van der Waals surface area contributed by atoms with Crippen molar-refractivity contribution in [2.24, 2.45) is 0 Å². The van der Waals surface area contributed by atoms with E-state index in [9.17, 15) is 9.90 Å². The van der Waals surface area contributed by atoms with Crippen molar-refractivity contribution in [3.05, 3.63) is 48.6 Å². The Morgan fingerprint density at radius 2 is 2.16 bits per heavy atom. The summed E-state index contributed by atoms with van der Waals surface area (Å²) in [6, 6.07) is 9.79. The van der Waals surface area contributed by atoms with Gasteiger partial charge in [-0.2, -0.15) is 0 Å². The number of piperidine rings is 1. The summed E-state index contributed by atoms with van der Waals surface area (Å²) >= 11 is 0. The van der Waals surface area contributed by atoms with Crippen LogP contribution in [-0.4, -0.2) is 34.8 Å². The Balaban J connectivity index is 1.93. The molecule has 2 atom stereocenters. The number of rotatable bonds is 5. The summed E-state index contributed by atoms with van der Waals surface area (Å²) in [5.41, 5.74) is 1.06. The second-order valence-electron chi connectivity index (χ2n) is 4.62. The highest BCUT2D eigenvalue weighted by Gasteiger charge is 2.34. The minimum absolute atomic E-state index is 0.0491. The summed E-state index contributed by atoms with van der Waals surface area (Å²) in [4.78, 5) is 13.1. The number of hydrogen-bond donors (Lipinski definition) is 1. The molecule has 0 aliphatic carbocycles. The molecule has 0 aromatic heterocycles. The van der Waals surface area contributed by atoms with Crippen molar-refractivity contribution in [2.75, 3.05) is 6.54 Å². The van der Waals surface area contributed by atoms with Gasteiger partial charge in [0.15, 0.2) is 6.23 Å². The van der Waals surface area contributed by atoms with E-state index in [0.29, 0.717) is 26.0 Å². The van der Waals surface area contributed by atoms with Gasteiger partial charge in [0.2, 0.25) is 5.91 Å². The lowest BCUT2D eigenvalue weighted by Gasteiger charge is -2.37. The molecular weight excluding hydrogens is 242 g/mol. The molecule has 0 bridgehead atoms. The Kier molecular flexibility index (Phi) is 4.71. The van der Waals surface area contributed by atoms with Crippen LogP contribution in [0.5, 0.6) is 0 Å². The summed E-state index contributed by atoms with van der Waals surface area (Å²) in [5.74, 6) is -0.0491. The van der Waals surface area contributed by atoms with Gasteiger partial charge in [-0.1, -0.05) is 36.4 Å². The number of carbonyl (C=O) groups excluding carboxylic acids is 1. The van der Waals surface area contributed by atoms with Crippen LogP contribution in [0.15, 0.2) is 43.0 Å². The minimum atomic E-state index is -0.886. The lowest BCUT2D eigenvalue weighted by molar-refractivity contribution is -0.168. The van der Waals surface area contributed by atoms with Gasteiger partial charge in [-0.25, -0.2) is 0 Å². The Morgan fingerprint density at radius 1 is 1.42 bits per heavy atom. The van der Waals surface area contributed by atoms with E-state index in [2.05, 4.69) is 6.58 Å². The van der Waals surface area contributed by atoms with Crippen molar-refractivity contribution >= 4 is 5.91 Å². The maximum Gasteiger partial charge on any atom is 0.225 e. The van der Waals surface area contributed by atoms with Crippen molar-refractivity contribution in [3.8, 4) is 0 Å². The van der Waals surface area contributed by atoms with Gasteiger partial charge in [0.05, 0.1) is 6.61 Å². The van der Waals surface area contributed by atoms with Crippen LogP contribution in [-0.2, 0) is 16.1 Å². The fraction of sp³-hybridized carbons (Fsp3) is 0.400. The molecule has 0 saturated carbocycles. The average Bonchev–Trinajstić information content (AvgIpc) is 2.44. The number of carbonyl (C=O) groups is 1. The van der Waals surface area contributed by atoms with E-state index in [-0.39, 0.29) is 12.0 Å². The fourth-order valence-corrected chi connectivity index (χ4v) is 2.20. The third-order valence-corrected chi connectivity index (χ3v) is 3.25. The summed E-state index contributed by atoms with van der Waals surface area (Å²) in [6.45, 7) is 4.39. The molecule has 1 aliphatic rings. The number of benzene rings is 1. The van der Waals surface area contributed by atoms with Crippen LogP contribution in [0.4, 0.5) is 0 Å². The summed E-state index contributed by atoms with van der Waals surface area (Å²) in [7, 11) is 0. The van der Waals surface area contributed by atoms with E-state index in [1.165, 1.54) is 4.90 Å². The summed E-state index contributed by atoms with van der Waals surface area (Å²) in [5, 5.41) is 10.1. The highest BCUT2D eigenvalue weighted by Crippen LogP contribution is 2.21. The molecule has 19 heavy (non-hydrogen) atoms. The summed E-state index contributed by atoms with van der Waals surface area (Å²) in [6.07, 6.45) is 1.35. The number of amides is 1. The zero-order valence-electron chi connectivity index (χ0n) is 10.9. The van der Waals surface area contributed by atoms with Gasteiger partial charge in [-0.3, -0.25) is 4.79 Å². The van der Waals surface area contributed by atoms with Crippen LogP contribution in [0.1, 0.15) is 18.4 Å². The second kappa shape index (κ2) is 6.50. The van der Waals surface area contributed by atoms with Crippen molar-refractivity contribution in [1.29, 1.82) is 0 Å². The Hall–Kier alpha value is -1.65. The molecule has 1 fully saturated rings. The smallest absolute Gasteiger partial charge is 0.225 e. The lowest BCUT2D eigenvalue weighted by Crippen LogP contribution is -2.52. The SMILES string of the molecule is C=CCN1C(=O)CC[C@@H](OCc2ccccc2)[C@H]1O. The molecule has 1 heterocycles. The van der Waals surface area contributed by atoms with Gasteiger partial charge >= 0.3 is 0 Å². The van der Waals surface area contributed by atoms with Crippen molar-refractivity contribution < 1.29 is 14.6 Å². The van der Waals surface area contributed by atoms with Gasteiger partial charge in [0.25, 0.3) is 0 Å². The topological polar surface area (TPSA) is 49.8 Å². The molecule has 1 saturated heterocycles. The van der Waals surface area contributed by atoms with E-state index in [4.69, 9.17) is 4.74 Å². The number of ether oxygens (including phenoxy) is 1. The third kappa shape index (κ3) is 3.43. The van der Waals surface area contributed by atoms with Gasteiger partial charge in [-0.05, 0) is 12.0 Å². The first-order valence-corrected chi connectivity index (χ1v) is 6.46. The van der Waals surface area contributed by atoms with Crippen LogP contribution in [0, 0.1) is 0 Å². The highest BCUT2D eigenvalue weighted by atomic mass is 16.5. The molecule has 1 N–H and O–H groups in total. The maximum atomic E-state index is 11.7. The van der Waals surface area contributed by atoms with Crippen LogP contribution in [0.2, 0.25) is 0 Å². The molecule has 2 rings (SSSR count). The normalized spacial score (nSPS) is 23.4. The first-order valence-electron chi connectivity index (χ1n) is 6.46. The largest absolute Gasteiger partial charge is 0.371 e. The number of aliphatic hydroxyl groups is 1. The molecule has 1 aliphatic heterocycles. The molecule has 4 heteroatoms. The minimum Gasteiger partial charge on any atom is -0.371 e. The molecule has 1 aromatic carbocycles. The molecule has 0 unspecified atom stereocenters. The number of likely N-dealkylation sites (tertiary alicyclic amines) is 1. The molecular formula is C15H19NO3. The highest BCUT2D eigenvalue weighted by molar-refractivity contribution is 5.77. The molecule has 0 spiro atoms. The molecule has 1 aromatic rings. The zero-order chi connectivity index (χ0) is 13.7. The van der Waals surface area contributed by atoms with Crippen LogP contribution in [0.3, 0.4) is 0 Å². The first-order chi connectivity index (χ1) is 9.22. The Morgan fingerprint density at radius 3 is 2.84 bits per heavy atom. The van der Waals surface area contributed by atoms with E-state index >= 15 is 0 Å². The van der Waals surface area contributed by atoms with Crippen molar-refractivity contribution in [2.45, 2.75) is 31.8 Å². The van der Waals surface area contributed by atoms with Crippen LogP contribution >= 0.6 is 0 Å². The predicted octanol–water partition coefficient (Wildman–Crippen LogP) is 1.70. The van der Waals surface area contributed by atoms with Gasteiger partial charge in [-0.15, -0.1) is 6.58 Å². The van der Waals surface area contributed by atoms with E-state index in [1.54, 1.807) is 6.08 Å². The van der Waals surface area contributed by atoms with Crippen molar-refractivity contribution in [1.82, 2.24) is 4.90 Å². The van der Waals surface area contributed by atoms with Crippen LogP contribution < -0.4 is 0 Å². The first kappa shape index (κ1) is 13.8. The number of aliphatic hydroxyl groups excluding tert-OH is 1. The van der Waals surface area contributed by atoms with E-state index in [1.807, 2.05) is 30.3 Å². The summed E-state index contributed by atoms with van der Waals surface area (Å²) < 4.78 is 5.73. The van der Waals surface area contributed by atoms with Gasteiger partial charge < -0.3 is 14.7 Å². The molecule has 1 amide bonds. The Labute approximate surface area is 113 Å². The molecule has 102 valence electrons. The zero-order valence-corrected chi connectivity index (χ0v) is 10.9. The maximum absolute atomic E-state index is 11.7. The lowest BCUT2D eigenvalue weighted by atomic mass is 10.1. The van der Waals surface area contributed by atoms with Crippen molar-refractivity contribution in [3.63, 3.8) is 0 Å². The van der Waals surface area contributed by atoms with Crippen LogP contribution in [0.25, 0.3) is 0 Å².